The van der Waals surface area contributed by atoms with Gasteiger partial charge in [0.2, 0.25) is 5.91 Å². The zero-order chi connectivity index (χ0) is 23.1. The Hall–Kier alpha value is -2.81. The molecule has 1 aromatic rings. The number of carboxylic acids is 1. The van der Waals surface area contributed by atoms with E-state index >= 15 is 0 Å². The number of likely N-dealkylation sites (tertiary alicyclic amines) is 1. The van der Waals surface area contributed by atoms with Crippen molar-refractivity contribution in [3.63, 3.8) is 0 Å². The fraction of sp³-hybridized carbons (Fsp3) is 0.609. The number of benzene rings is 1. The number of nitrogens with zero attached hydrogens (tertiary/aromatic N) is 1. The molecule has 3 rings (SSSR count). The molecule has 1 aliphatic carbocycles. The molecule has 0 unspecified atom stereocenters. The third kappa shape index (κ3) is 5.91. The summed E-state index contributed by atoms with van der Waals surface area (Å²) in [6.07, 6.45) is 5.38. The Morgan fingerprint density at radius 2 is 1.91 bits per heavy atom. The highest BCUT2D eigenvalue weighted by Gasteiger charge is 2.42. The van der Waals surface area contributed by atoms with E-state index in [4.69, 9.17) is 10.5 Å². The first-order valence-electron chi connectivity index (χ1n) is 11.3. The van der Waals surface area contributed by atoms with Crippen LogP contribution in [0.1, 0.15) is 61.7 Å². The van der Waals surface area contributed by atoms with E-state index in [9.17, 15) is 19.5 Å². The maximum atomic E-state index is 12.5. The Morgan fingerprint density at radius 3 is 2.53 bits per heavy atom. The molecule has 0 bridgehead atoms. The van der Waals surface area contributed by atoms with E-state index in [2.05, 4.69) is 15.5 Å². The SMILES string of the molecule is COc1cc(C(=O)NC2CCN(CCCC(=O)NC3(C(=O)O)CCCC3)CC2)ccc1N. The van der Waals surface area contributed by atoms with Crippen LogP contribution in [0.3, 0.4) is 0 Å². The number of nitrogens with one attached hydrogen (secondary N) is 2. The first-order valence-corrected chi connectivity index (χ1v) is 11.3. The van der Waals surface area contributed by atoms with Crippen molar-refractivity contribution in [3.8, 4) is 5.75 Å². The maximum absolute atomic E-state index is 12.5. The van der Waals surface area contributed by atoms with E-state index in [1.165, 1.54) is 7.11 Å². The van der Waals surface area contributed by atoms with Gasteiger partial charge < -0.3 is 31.1 Å². The average molecular weight is 447 g/mol. The van der Waals surface area contributed by atoms with Crippen LogP contribution in [0.25, 0.3) is 0 Å². The third-order valence-electron chi connectivity index (χ3n) is 6.54. The van der Waals surface area contributed by atoms with Gasteiger partial charge >= 0.3 is 5.97 Å². The van der Waals surface area contributed by atoms with Gasteiger partial charge in [-0.05, 0) is 56.8 Å². The van der Waals surface area contributed by atoms with Crippen molar-refractivity contribution in [3.05, 3.63) is 23.8 Å². The summed E-state index contributed by atoms with van der Waals surface area (Å²) >= 11 is 0. The van der Waals surface area contributed by atoms with E-state index in [0.717, 1.165) is 45.3 Å². The van der Waals surface area contributed by atoms with E-state index in [-0.39, 0.29) is 17.9 Å². The standard InChI is InChI=1S/C23H34N4O5/c1-32-19-15-16(6-7-18(19)24)21(29)25-17-8-13-27(14-9-17)12-4-5-20(28)26-23(22(30)31)10-2-3-11-23/h6-7,15,17H,2-5,8-14,24H2,1H3,(H,25,29)(H,26,28)(H,30,31). The Balaban J connectivity index is 1.36. The van der Waals surface area contributed by atoms with Crippen LogP contribution in [-0.2, 0) is 9.59 Å². The Bertz CT molecular complexity index is 830. The average Bonchev–Trinajstić information content (AvgIpc) is 3.25. The highest BCUT2D eigenvalue weighted by Crippen LogP contribution is 2.30. The zero-order valence-electron chi connectivity index (χ0n) is 18.7. The Morgan fingerprint density at radius 1 is 1.22 bits per heavy atom. The summed E-state index contributed by atoms with van der Waals surface area (Å²) in [5, 5.41) is 15.3. The summed E-state index contributed by atoms with van der Waals surface area (Å²) in [5.41, 5.74) is 5.75. The van der Waals surface area contributed by atoms with Gasteiger partial charge in [-0.25, -0.2) is 4.79 Å². The van der Waals surface area contributed by atoms with Crippen LogP contribution in [0.2, 0.25) is 0 Å². The molecule has 32 heavy (non-hydrogen) atoms. The van der Waals surface area contributed by atoms with Crippen molar-refractivity contribution in [1.82, 2.24) is 15.5 Å². The zero-order valence-corrected chi connectivity index (χ0v) is 18.7. The third-order valence-corrected chi connectivity index (χ3v) is 6.54. The number of aliphatic carboxylic acids is 1. The van der Waals surface area contributed by atoms with E-state index in [1.54, 1.807) is 18.2 Å². The Kier molecular flexibility index (Phi) is 7.95. The second-order valence-electron chi connectivity index (χ2n) is 8.79. The fourth-order valence-electron chi connectivity index (χ4n) is 4.59. The summed E-state index contributed by atoms with van der Waals surface area (Å²) in [5.74, 6) is -0.767. The normalized spacial score (nSPS) is 18.8. The van der Waals surface area contributed by atoms with Crippen LogP contribution in [-0.4, -0.2) is 66.1 Å². The molecule has 1 aliphatic heterocycles. The van der Waals surface area contributed by atoms with E-state index < -0.39 is 11.5 Å². The summed E-state index contributed by atoms with van der Waals surface area (Å²) in [4.78, 5) is 38.6. The van der Waals surface area contributed by atoms with Gasteiger partial charge in [0.1, 0.15) is 11.3 Å². The number of hydrogen-bond donors (Lipinski definition) is 4. The van der Waals surface area contributed by atoms with Gasteiger partial charge in [0.15, 0.2) is 0 Å². The molecule has 176 valence electrons. The number of anilines is 1. The van der Waals surface area contributed by atoms with Crippen molar-refractivity contribution in [2.45, 2.75) is 62.9 Å². The highest BCUT2D eigenvalue weighted by atomic mass is 16.5. The summed E-state index contributed by atoms with van der Waals surface area (Å²) < 4.78 is 5.18. The number of amides is 2. The molecular weight excluding hydrogens is 412 g/mol. The molecule has 0 atom stereocenters. The minimum Gasteiger partial charge on any atom is -0.495 e. The van der Waals surface area contributed by atoms with Crippen LogP contribution in [0.15, 0.2) is 18.2 Å². The largest absolute Gasteiger partial charge is 0.495 e. The van der Waals surface area contributed by atoms with Gasteiger partial charge in [-0.3, -0.25) is 9.59 Å². The molecule has 2 aliphatic rings. The van der Waals surface area contributed by atoms with Gasteiger partial charge in [-0.15, -0.1) is 0 Å². The van der Waals surface area contributed by atoms with Crippen LogP contribution < -0.4 is 21.1 Å². The second kappa shape index (κ2) is 10.7. The van der Waals surface area contributed by atoms with Crippen LogP contribution >= 0.6 is 0 Å². The monoisotopic (exact) mass is 446 g/mol. The number of carbonyl (C=O) groups excluding carboxylic acids is 2. The second-order valence-corrected chi connectivity index (χ2v) is 8.79. The Labute approximate surface area is 188 Å². The van der Waals surface area contributed by atoms with Gasteiger partial charge in [0, 0.05) is 31.1 Å². The van der Waals surface area contributed by atoms with Gasteiger partial charge in [-0.1, -0.05) is 12.8 Å². The lowest BCUT2D eigenvalue weighted by molar-refractivity contribution is -0.147. The molecule has 1 aromatic carbocycles. The van der Waals surface area contributed by atoms with Crippen LogP contribution in [0.5, 0.6) is 5.75 Å². The first-order chi connectivity index (χ1) is 15.3. The number of hydrogen-bond acceptors (Lipinski definition) is 6. The molecule has 5 N–H and O–H groups in total. The lowest BCUT2D eigenvalue weighted by Gasteiger charge is -2.32. The molecule has 1 heterocycles. The fourth-order valence-corrected chi connectivity index (χ4v) is 4.59. The quantitative estimate of drug-likeness (QED) is 0.425. The predicted molar refractivity (Wildman–Crippen MR) is 121 cm³/mol. The van der Waals surface area contributed by atoms with Crippen molar-refractivity contribution in [1.29, 1.82) is 0 Å². The van der Waals surface area contributed by atoms with Crippen molar-refractivity contribution in [2.24, 2.45) is 0 Å². The van der Waals surface area contributed by atoms with Gasteiger partial charge in [0.05, 0.1) is 12.8 Å². The van der Waals surface area contributed by atoms with Crippen molar-refractivity contribution in [2.75, 3.05) is 32.5 Å². The van der Waals surface area contributed by atoms with Crippen LogP contribution in [0, 0.1) is 0 Å². The number of methoxy groups -OCH3 is 1. The molecule has 2 fully saturated rings. The predicted octanol–water partition coefficient (Wildman–Crippen LogP) is 1.77. The van der Waals surface area contributed by atoms with E-state index in [0.29, 0.717) is 42.7 Å². The highest BCUT2D eigenvalue weighted by molar-refractivity contribution is 5.95. The number of nitrogen functional groups attached to an aromatic ring is 1. The molecule has 1 saturated heterocycles. The molecule has 0 spiro atoms. The maximum Gasteiger partial charge on any atom is 0.329 e. The molecule has 0 radical (unpaired) electrons. The first kappa shape index (κ1) is 23.8. The van der Waals surface area contributed by atoms with Gasteiger partial charge in [-0.2, -0.15) is 0 Å². The van der Waals surface area contributed by atoms with Crippen molar-refractivity contribution < 1.29 is 24.2 Å². The number of rotatable bonds is 9. The van der Waals surface area contributed by atoms with Crippen molar-refractivity contribution >= 4 is 23.5 Å². The molecule has 9 heteroatoms. The lowest BCUT2D eigenvalue weighted by Crippen LogP contribution is -2.52. The lowest BCUT2D eigenvalue weighted by atomic mass is 9.97. The summed E-state index contributed by atoms with van der Waals surface area (Å²) in [6.45, 7) is 2.47. The van der Waals surface area contributed by atoms with Gasteiger partial charge in [0.25, 0.3) is 5.91 Å². The van der Waals surface area contributed by atoms with Crippen LogP contribution in [0.4, 0.5) is 5.69 Å². The number of carboxylic acid groups (broad SMARTS) is 1. The molecule has 2 amide bonds. The molecule has 0 aromatic heterocycles. The number of ether oxygens (including phenoxy) is 1. The minimum absolute atomic E-state index is 0.100. The summed E-state index contributed by atoms with van der Waals surface area (Å²) in [7, 11) is 1.52. The minimum atomic E-state index is -1.07. The number of nitrogens with two attached hydrogens (primary N) is 1. The smallest absolute Gasteiger partial charge is 0.329 e. The molecule has 9 nitrogen and oxygen atoms in total. The molecule has 1 saturated carbocycles. The summed E-state index contributed by atoms with van der Waals surface area (Å²) in [6, 6.07) is 5.10. The van der Waals surface area contributed by atoms with E-state index in [1.807, 2.05) is 0 Å². The molecular formula is C23H34N4O5. The number of piperidine rings is 1. The topological polar surface area (TPSA) is 134 Å². The number of carbonyl (C=O) groups is 3.